The van der Waals surface area contributed by atoms with Crippen molar-refractivity contribution in [3.63, 3.8) is 0 Å². The lowest BCUT2D eigenvalue weighted by Gasteiger charge is -2.10. The van der Waals surface area contributed by atoms with Gasteiger partial charge in [-0.25, -0.2) is 0 Å². The molecule has 0 aliphatic carbocycles. The quantitative estimate of drug-likeness (QED) is 0.0812. The van der Waals surface area contributed by atoms with Crippen molar-refractivity contribution in [2.45, 2.75) is 0 Å². The van der Waals surface area contributed by atoms with Crippen LogP contribution in [0, 0.1) is 3.57 Å². The Morgan fingerprint density at radius 3 is 0.687 bits per heavy atom. The van der Waals surface area contributed by atoms with Crippen LogP contribution in [0.3, 0.4) is 0 Å². The minimum absolute atomic E-state index is 0.510. The number of benzene rings is 20. The number of hydrogen-bond acceptors (Lipinski definition) is 4. The van der Waals surface area contributed by atoms with Crippen LogP contribution < -0.4 is 10.9 Å². The van der Waals surface area contributed by atoms with E-state index in [2.05, 4.69) is 394 Å². The summed E-state index contributed by atoms with van der Waals surface area (Å²) in [6, 6.07) is 150. The molecule has 0 unspecified atom stereocenters. The Morgan fingerprint density at radius 1 is 0.174 bits per heavy atom. The molecule has 0 spiro atoms. The molecule has 20 aromatic rings. The summed E-state index contributed by atoms with van der Waals surface area (Å²) in [6.45, 7) is 0. The van der Waals surface area contributed by atoms with E-state index < -0.39 is 14.2 Å². The van der Waals surface area contributed by atoms with E-state index in [9.17, 15) is 20.1 Å². The fourth-order valence-electron chi connectivity index (χ4n) is 14.8. The summed E-state index contributed by atoms with van der Waals surface area (Å²) >= 11 is 9.11. The summed E-state index contributed by atoms with van der Waals surface area (Å²) in [5.74, 6) is 0. The molecule has 4 nitrogen and oxygen atoms in total. The minimum atomic E-state index is -1.43. The van der Waals surface area contributed by atoms with Gasteiger partial charge in [-0.2, -0.15) is 0 Å². The van der Waals surface area contributed by atoms with Crippen molar-refractivity contribution < 1.29 is 20.1 Å². The standard InChI is InChI=1S/C42H28.C22H15Br.C20H15BO2.C16H13BO2.C6H4BrI/c1-2-7-29(8-3-1)33-17-20-37-26-34(18-21-36(37)25-33)30-13-15-31(16-14-30)35-19-22-39-28-40(24-23-38(39)27-35)42-12-6-10-32-9-4-5-11-41(32)42;23-22-12-10-17(11-13-22)19-7-9-20-14-18(6-8-21(20)15-19)16-4-2-1-3-5-16;22-21(23)18-11-10-15-12-17(9-8-16(15)13-18)20-7-3-5-14-4-1-2-6-19(14)20;18-17(19)16-9-8-14-10-13(6-7-15(14)11-16)12-4-2-1-3-5-12;7-5-1-3-6(8)4-2-5/h1-28H;1-15H;1-13,22-23H;1-11,18-19H;1-4H. The predicted octanol–water partition coefficient (Wildman–Crippen LogP) is 27.3. The van der Waals surface area contributed by atoms with Crippen LogP contribution in [0.5, 0.6) is 0 Å². The van der Waals surface area contributed by atoms with Crippen LogP contribution in [-0.2, 0) is 0 Å². The van der Waals surface area contributed by atoms with Crippen LogP contribution in [0.15, 0.2) is 440 Å². The van der Waals surface area contributed by atoms with Gasteiger partial charge in [0.2, 0.25) is 0 Å². The lowest BCUT2D eigenvalue weighted by atomic mass is 9.79. The maximum absolute atomic E-state index is 9.29. The van der Waals surface area contributed by atoms with Gasteiger partial charge in [-0.05, 0) is 283 Å². The number of halogens is 3. The monoisotopic (exact) mass is 1720 g/mol. The maximum atomic E-state index is 9.29. The summed E-state index contributed by atoms with van der Waals surface area (Å²) < 4.78 is 3.51. The Bertz CT molecular complexity index is 6780. The molecule has 0 aliphatic rings. The molecule has 0 aromatic heterocycles. The Hall–Kier alpha value is -12.1. The molecular formula is C106H75B2Br2IO4. The van der Waals surface area contributed by atoms with Crippen molar-refractivity contribution in [3.8, 4) is 89.0 Å². The molecule has 0 bridgehead atoms. The Kier molecular flexibility index (Phi) is 24.0. The second kappa shape index (κ2) is 35.9. The van der Waals surface area contributed by atoms with Crippen LogP contribution in [0.25, 0.3) is 164 Å². The van der Waals surface area contributed by atoms with Crippen LogP contribution in [0.4, 0.5) is 0 Å². The number of rotatable bonds is 10. The first-order valence-corrected chi connectivity index (χ1v) is 40.8. The van der Waals surface area contributed by atoms with E-state index in [0.717, 1.165) is 41.6 Å². The highest BCUT2D eigenvalue weighted by atomic mass is 127. The van der Waals surface area contributed by atoms with Crippen molar-refractivity contribution in [3.05, 3.63) is 443 Å². The fraction of sp³-hybridized carbons (Fsp3) is 0. The highest BCUT2D eigenvalue weighted by Crippen LogP contribution is 2.37. The van der Waals surface area contributed by atoms with Gasteiger partial charge in [0.1, 0.15) is 0 Å². The first-order chi connectivity index (χ1) is 56.3. The van der Waals surface area contributed by atoms with Gasteiger partial charge in [0.05, 0.1) is 0 Å². The summed E-state index contributed by atoms with van der Waals surface area (Å²) in [5.41, 5.74) is 20.7. The Balaban J connectivity index is 0.000000117. The maximum Gasteiger partial charge on any atom is 0.488 e. The summed E-state index contributed by atoms with van der Waals surface area (Å²) in [7, 11) is -2.85. The number of fused-ring (bicyclic) bond motifs is 7. The molecule has 0 radical (unpaired) electrons. The van der Waals surface area contributed by atoms with Gasteiger partial charge in [-0.15, -0.1) is 0 Å². The molecule has 550 valence electrons. The molecule has 0 amide bonds. The Labute approximate surface area is 701 Å². The molecular weight excluding hydrogens is 1650 g/mol. The summed E-state index contributed by atoms with van der Waals surface area (Å²) in [4.78, 5) is 0. The fourth-order valence-corrected chi connectivity index (χ4v) is 15.7. The predicted molar refractivity (Wildman–Crippen MR) is 506 cm³/mol. The summed E-state index contributed by atoms with van der Waals surface area (Å²) in [5, 5.41) is 53.7. The largest absolute Gasteiger partial charge is 0.488 e. The minimum Gasteiger partial charge on any atom is -0.423 e. The third kappa shape index (κ3) is 18.6. The lowest BCUT2D eigenvalue weighted by Crippen LogP contribution is -2.29. The van der Waals surface area contributed by atoms with Gasteiger partial charge in [-0.3, -0.25) is 0 Å². The van der Waals surface area contributed by atoms with Crippen molar-refractivity contribution in [2.24, 2.45) is 0 Å². The first-order valence-electron chi connectivity index (χ1n) is 38.1. The molecule has 0 fully saturated rings. The zero-order valence-electron chi connectivity index (χ0n) is 62.6. The molecule has 0 heterocycles. The first kappa shape index (κ1) is 76.8. The smallest absolute Gasteiger partial charge is 0.423 e. The molecule has 20 rings (SSSR count). The molecule has 0 saturated carbocycles. The van der Waals surface area contributed by atoms with E-state index in [1.165, 1.54) is 135 Å². The van der Waals surface area contributed by atoms with Gasteiger partial charge < -0.3 is 20.1 Å². The van der Waals surface area contributed by atoms with Crippen LogP contribution >= 0.6 is 54.5 Å². The van der Waals surface area contributed by atoms with Crippen molar-refractivity contribution >= 4 is 155 Å². The second-order valence-electron chi connectivity index (χ2n) is 28.4. The average molecular weight is 1720 g/mol. The lowest BCUT2D eigenvalue weighted by molar-refractivity contribution is 0.424. The molecule has 0 aliphatic heterocycles. The van der Waals surface area contributed by atoms with Crippen LogP contribution in [0.2, 0.25) is 0 Å². The zero-order valence-corrected chi connectivity index (χ0v) is 67.9. The molecule has 4 N–H and O–H groups in total. The van der Waals surface area contributed by atoms with Crippen LogP contribution in [0.1, 0.15) is 0 Å². The van der Waals surface area contributed by atoms with E-state index in [1.54, 1.807) is 18.2 Å². The highest BCUT2D eigenvalue weighted by Gasteiger charge is 2.15. The molecule has 20 aromatic carbocycles. The highest BCUT2D eigenvalue weighted by molar-refractivity contribution is 14.1. The third-order valence-electron chi connectivity index (χ3n) is 20.9. The molecule has 115 heavy (non-hydrogen) atoms. The number of hydrogen-bond donors (Lipinski definition) is 4. The van der Waals surface area contributed by atoms with Gasteiger partial charge in [-0.1, -0.05) is 378 Å². The topological polar surface area (TPSA) is 80.9 Å². The van der Waals surface area contributed by atoms with E-state index in [4.69, 9.17) is 0 Å². The molecule has 0 saturated heterocycles. The van der Waals surface area contributed by atoms with Crippen molar-refractivity contribution in [2.75, 3.05) is 0 Å². The Morgan fingerprint density at radius 2 is 0.391 bits per heavy atom. The van der Waals surface area contributed by atoms with Gasteiger partial charge in [0, 0.05) is 12.5 Å². The van der Waals surface area contributed by atoms with Gasteiger partial charge >= 0.3 is 14.2 Å². The van der Waals surface area contributed by atoms with E-state index in [0.29, 0.717) is 10.9 Å². The van der Waals surface area contributed by atoms with E-state index in [1.807, 2.05) is 72.8 Å². The second-order valence-corrected chi connectivity index (χ2v) is 31.5. The normalized spacial score (nSPS) is 10.9. The molecule has 0 atom stereocenters. The van der Waals surface area contributed by atoms with Gasteiger partial charge in [0.25, 0.3) is 0 Å². The van der Waals surface area contributed by atoms with Crippen LogP contribution in [-0.4, -0.2) is 34.3 Å². The van der Waals surface area contributed by atoms with Crippen molar-refractivity contribution in [1.29, 1.82) is 0 Å². The van der Waals surface area contributed by atoms with E-state index in [-0.39, 0.29) is 0 Å². The van der Waals surface area contributed by atoms with Gasteiger partial charge in [0.15, 0.2) is 0 Å². The zero-order chi connectivity index (χ0) is 78.6. The third-order valence-corrected chi connectivity index (χ3v) is 22.7. The summed E-state index contributed by atoms with van der Waals surface area (Å²) in [6.07, 6.45) is 0. The molecule has 9 heteroatoms. The van der Waals surface area contributed by atoms with E-state index >= 15 is 0 Å². The van der Waals surface area contributed by atoms with Crippen molar-refractivity contribution in [1.82, 2.24) is 0 Å². The SMILES string of the molecule is Brc1ccc(-c2ccc3cc(-c4ccccc4)ccc3c2)cc1.Brc1ccc(I)cc1.OB(O)c1ccc2cc(-c3cccc4ccccc34)ccc2c1.OB(O)c1ccc2cc(-c3ccccc3)ccc2c1.c1ccc(-c2ccc3cc(-c4ccc(-c5ccc6cc(-c7cccc8ccccc78)ccc6c5)cc4)ccc3c2)cc1. The average Bonchev–Trinajstić information content (AvgIpc) is 0.798.